The molecule has 1 atom stereocenters. The van der Waals surface area contributed by atoms with Gasteiger partial charge in [-0.05, 0) is 31.5 Å². The molecule has 0 aliphatic heterocycles. The summed E-state index contributed by atoms with van der Waals surface area (Å²) in [6.45, 7) is 1.99. The maximum absolute atomic E-state index is 13.3. The largest absolute Gasteiger partial charge is 0.466 e. The van der Waals surface area contributed by atoms with Gasteiger partial charge in [-0.2, -0.15) is 0 Å². The molecular weight excluding hydrogens is 250 g/mol. The van der Waals surface area contributed by atoms with E-state index in [9.17, 15) is 13.6 Å². The van der Waals surface area contributed by atoms with Crippen molar-refractivity contribution in [2.75, 3.05) is 6.61 Å². The number of carbonyl (C=O) groups is 1. The fraction of sp³-hybridized carbons (Fsp3) is 0.417. The summed E-state index contributed by atoms with van der Waals surface area (Å²) in [7, 11) is 0. The number of benzene rings is 1. The standard InChI is InChI=1S/C12H13ClF2O2/c1-2-17-12(16)6-4-10(13)9-7-8(14)3-5-11(9)15/h3,5,7,10H,2,4,6H2,1H3. The van der Waals surface area contributed by atoms with E-state index in [1.807, 2.05) is 0 Å². The molecule has 1 aromatic carbocycles. The van der Waals surface area contributed by atoms with Crippen molar-refractivity contribution in [1.29, 1.82) is 0 Å². The molecule has 0 radical (unpaired) electrons. The Balaban J connectivity index is 2.60. The maximum Gasteiger partial charge on any atom is 0.305 e. The van der Waals surface area contributed by atoms with Crippen molar-refractivity contribution in [3.63, 3.8) is 0 Å². The molecule has 0 saturated carbocycles. The Morgan fingerprint density at radius 3 is 2.82 bits per heavy atom. The number of rotatable bonds is 5. The number of hydrogen-bond donors (Lipinski definition) is 0. The Labute approximate surface area is 104 Å². The average Bonchev–Trinajstić information content (AvgIpc) is 2.29. The lowest BCUT2D eigenvalue weighted by Crippen LogP contribution is -2.06. The molecule has 2 nitrogen and oxygen atoms in total. The molecule has 0 aliphatic carbocycles. The molecule has 1 unspecified atom stereocenters. The number of halogens is 3. The summed E-state index contributed by atoms with van der Waals surface area (Å²) in [6.07, 6.45) is 0.290. The van der Waals surface area contributed by atoms with E-state index >= 15 is 0 Å². The van der Waals surface area contributed by atoms with Gasteiger partial charge in [-0.25, -0.2) is 8.78 Å². The van der Waals surface area contributed by atoms with Crippen molar-refractivity contribution in [3.05, 3.63) is 35.4 Å². The summed E-state index contributed by atoms with van der Waals surface area (Å²) >= 11 is 5.91. The summed E-state index contributed by atoms with van der Waals surface area (Å²) in [5, 5.41) is -0.741. The summed E-state index contributed by atoms with van der Waals surface area (Å²) in [5.41, 5.74) is 0.0657. The fourth-order valence-electron chi connectivity index (χ4n) is 1.39. The summed E-state index contributed by atoms with van der Waals surface area (Å²) in [4.78, 5) is 11.1. The van der Waals surface area contributed by atoms with E-state index in [-0.39, 0.29) is 18.4 Å². The smallest absolute Gasteiger partial charge is 0.305 e. The SMILES string of the molecule is CCOC(=O)CCC(Cl)c1cc(F)ccc1F. The molecule has 0 N–H and O–H groups in total. The highest BCUT2D eigenvalue weighted by Crippen LogP contribution is 2.28. The second-order valence-electron chi connectivity index (χ2n) is 3.48. The van der Waals surface area contributed by atoms with Crippen LogP contribution in [0, 0.1) is 11.6 Å². The Kier molecular flexibility index (Phi) is 5.35. The highest BCUT2D eigenvalue weighted by Gasteiger charge is 2.15. The van der Waals surface area contributed by atoms with Crippen molar-refractivity contribution < 1.29 is 18.3 Å². The monoisotopic (exact) mass is 262 g/mol. The van der Waals surface area contributed by atoms with Crippen LogP contribution in [-0.2, 0) is 9.53 Å². The van der Waals surface area contributed by atoms with Crippen molar-refractivity contribution in [3.8, 4) is 0 Å². The van der Waals surface area contributed by atoms with Gasteiger partial charge >= 0.3 is 5.97 Å². The summed E-state index contributed by atoms with van der Waals surface area (Å²) < 4.78 is 31.0. The Hall–Kier alpha value is -1.16. The number of ether oxygens (including phenoxy) is 1. The van der Waals surface area contributed by atoms with Crippen LogP contribution < -0.4 is 0 Å². The molecule has 1 aromatic rings. The normalized spacial score (nSPS) is 12.2. The first-order valence-electron chi connectivity index (χ1n) is 5.29. The highest BCUT2D eigenvalue weighted by molar-refractivity contribution is 6.20. The highest BCUT2D eigenvalue weighted by atomic mass is 35.5. The van der Waals surface area contributed by atoms with Gasteiger partial charge in [0.1, 0.15) is 11.6 Å². The van der Waals surface area contributed by atoms with Crippen molar-refractivity contribution >= 4 is 17.6 Å². The molecule has 0 saturated heterocycles. The zero-order valence-corrected chi connectivity index (χ0v) is 10.1. The van der Waals surface area contributed by atoms with Gasteiger partial charge in [-0.3, -0.25) is 4.79 Å². The van der Waals surface area contributed by atoms with Gasteiger partial charge in [0, 0.05) is 12.0 Å². The van der Waals surface area contributed by atoms with Gasteiger partial charge in [0.2, 0.25) is 0 Å². The second kappa shape index (κ2) is 6.55. The number of esters is 1. The zero-order chi connectivity index (χ0) is 12.8. The predicted molar refractivity (Wildman–Crippen MR) is 60.8 cm³/mol. The van der Waals surface area contributed by atoms with Crippen LogP contribution in [0.2, 0.25) is 0 Å². The van der Waals surface area contributed by atoms with Crippen LogP contribution in [0.15, 0.2) is 18.2 Å². The van der Waals surface area contributed by atoms with Crippen LogP contribution in [-0.4, -0.2) is 12.6 Å². The first-order chi connectivity index (χ1) is 8.04. The van der Waals surface area contributed by atoms with Crippen LogP contribution in [0.1, 0.15) is 30.7 Å². The van der Waals surface area contributed by atoms with Gasteiger partial charge in [0.15, 0.2) is 0 Å². The molecule has 0 bridgehead atoms. The minimum atomic E-state index is -0.741. The van der Waals surface area contributed by atoms with Crippen LogP contribution in [0.4, 0.5) is 8.78 Å². The van der Waals surface area contributed by atoms with Crippen LogP contribution in [0.5, 0.6) is 0 Å². The number of hydrogen-bond acceptors (Lipinski definition) is 2. The lowest BCUT2D eigenvalue weighted by Gasteiger charge is -2.10. The van der Waals surface area contributed by atoms with Crippen LogP contribution >= 0.6 is 11.6 Å². The van der Waals surface area contributed by atoms with Crippen molar-refractivity contribution in [2.24, 2.45) is 0 Å². The molecule has 5 heteroatoms. The molecule has 1 rings (SSSR count). The molecule has 0 aliphatic rings. The van der Waals surface area contributed by atoms with E-state index in [0.29, 0.717) is 6.61 Å². The van der Waals surface area contributed by atoms with Gasteiger partial charge in [0.05, 0.1) is 12.0 Å². The molecule has 0 amide bonds. The lowest BCUT2D eigenvalue weighted by molar-refractivity contribution is -0.143. The van der Waals surface area contributed by atoms with Crippen LogP contribution in [0.25, 0.3) is 0 Å². The zero-order valence-electron chi connectivity index (χ0n) is 9.38. The third-order valence-electron chi connectivity index (χ3n) is 2.20. The molecule has 17 heavy (non-hydrogen) atoms. The Bertz CT molecular complexity index is 396. The third kappa shape index (κ3) is 4.30. The third-order valence-corrected chi connectivity index (χ3v) is 2.66. The molecule has 94 valence electrons. The molecule has 0 aromatic heterocycles. The Morgan fingerprint density at radius 2 is 2.18 bits per heavy atom. The van der Waals surface area contributed by atoms with Crippen molar-refractivity contribution in [2.45, 2.75) is 25.1 Å². The van der Waals surface area contributed by atoms with E-state index < -0.39 is 23.0 Å². The van der Waals surface area contributed by atoms with Gasteiger partial charge in [0.25, 0.3) is 0 Å². The molecular formula is C12H13ClF2O2. The molecule has 0 heterocycles. The van der Waals surface area contributed by atoms with E-state index in [1.165, 1.54) is 0 Å². The van der Waals surface area contributed by atoms with E-state index in [2.05, 4.69) is 0 Å². The van der Waals surface area contributed by atoms with Crippen LogP contribution in [0.3, 0.4) is 0 Å². The lowest BCUT2D eigenvalue weighted by atomic mass is 10.1. The first kappa shape index (κ1) is 13.9. The molecule has 0 fully saturated rings. The van der Waals surface area contributed by atoms with E-state index in [0.717, 1.165) is 18.2 Å². The van der Waals surface area contributed by atoms with Gasteiger partial charge < -0.3 is 4.74 Å². The van der Waals surface area contributed by atoms with Gasteiger partial charge in [-0.1, -0.05) is 0 Å². The second-order valence-corrected chi connectivity index (χ2v) is 4.00. The fourth-order valence-corrected chi connectivity index (χ4v) is 1.66. The predicted octanol–water partition coefficient (Wildman–Crippen LogP) is 3.59. The summed E-state index contributed by atoms with van der Waals surface area (Å²) in [5.74, 6) is -1.52. The molecule has 0 spiro atoms. The quantitative estimate of drug-likeness (QED) is 0.599. The van der Waals surface area contributed by atoms with Gasteiger partial charge in [-0.15, -0.1) is 11.6 Å². The van der Waals surface area contributed by atoms with Crippen molar-refractivity contribution in [1.82, 2.24) is 0 Å². The average molecular weight is 263 g/mol. The minimum Gasteiger partial charge on any atom is -0.466 e. The first-order valence-corrected chi connectivity index (χ1v) is 5.73. The number of carbonyl (C=O) groups excluding carboxylic acids is 1. The topological polar surface area (TPSA) is 26.3 Å². The maximum atomic E-state index is 13.3. The van der Waals surface area contributed by atoms with E-state index in [1.54, 1.807) is 6.92 Å². The summed E-state index contributed by atoms with van der Waals surface area (Å²) in [6, 6.07) is 3.08. The number of alkyl halides is 1. The minimum absolute atomic E-state index is 0.0657. The van der Waals surface area contributed by atoms with E-state index in [4.69, 9.17) is 16.3 Å². The Morgan fingerprint density at radius 1 is 1.47 bits per heavy atom.